The highest BCUT2D eigenvalue weighted by atomic mass is 32.1. The maximum atomic E-state index is 12.1. The third-order valence-electron chi connectivity index (χ3n) is 3.32. The van der Waals surface area contributed by atoms with Crippen molar-refractivity contribution in [2.45, 2.75) is 32.8 Å². The smallest absolute Gasteiger partial charge is 0.263 e. The van der Waals surface area contributed by atoms with Crippen LogP contribution in [-0.2, 0) is 0 Å². The molecular formula is C15H20N2O2S. The van der Waals surface area contributed by atoms with Crippen LogP contribution in [0.4, 0.5) is 5.69 Å². The maximum Gasteiger partial charge on any atom is 0.263 e. The molecule has 20 heavy (non-hydrogen) atoms. The molecule has 1 atom stereocenters. The number of carbonyl (C=O) groups excluding carboxylic acids is 1. The number of nitrogens with two attached hydrogens (primary N) is 1. The molecule has 0 aliphatic rings. The summed E-state index contributed by atoms with van der Waals surface area (Å²) in [6, 6.07) is 6.00. The number of amides is 1. The van der Waals surface area contributed by atoms with Gasteiger partial charge in [-0.2, -0.15) is 0 Å². The normalized spacial score (nSPS) is 12.6. The summed E-state index contributed by atoms with van der Waals surface area (Å²) in [5.74, 6) is -0.162. The van der Waals surface area contributed by atoms with Gasteiger partial charge in [0.25, 0.3) is 5.91 Å². The first-order chi connectivity index (χ1) is 9.52. The average Bonchev–Trinajstić information content (AvgIpc) is 2.75. The molecule has 0 aliphatic heterocycles. The van der Waals surface area contributed by atoms with Gasteiger partial charge in [-0.1, -0.05) is 18.6 Å². The molecule has 0 fully saturated rings. The number of benzene rings is 1. The predicted octanol–water partition coefficient (Wildman–Crippen LogP) is 2.68. The van der Waals surface area contributed by atoms with Gasteiger partial charge < -0.3 is 16.2 Å². The largest absolute Gasteiger partial charge is 0.397 e. The van der Waals surface area contributed by atoms with Gasteiger partial charge >= 0.3 is 0 Å². The van der Waals surface area contributed by atoms with Gasteiger partial charge in [-0.25, -0.2) is 0 Å². The molecule has 0 saturated carbocycles. The molecule has 4 N–H and O–H groups in total. The van der Waals surface area contributed by atoms with Gasteiger partial charge in [-0.3, -0.25) is 4.79 Å². The number of aliphatic hydroxyl groups excluding tert-OH is 1. The molecule has 5 heteroatoms. The molecule has 0 saturated heterocycles. The number of nitrogen functional groups attached to an aromatic ring is 1. The first kappa shape index (κ1) is 14.8. The number of hydrogen-bond acceptors (Lipinski definition) is 4. The summed E-state index contributed by atoms with van der Waals surface area (Å²) in [5, 5.41) is 13.2. The zero-order valence-corrected chi connectivity index (χ0v) is 12.6. The van der Waals surface area contributed by atoms with E-state index in [1.165, 1.54) is 11.3 Å². The summed E-state index contributed by atoms with van der Waals surface area (Å²) in [7, 11) is 0. The minimum Gasteiger partial charge on any atom is -0.397 e. The minimum atomic E-state index is -0.363. The molecule has 1 aromatic heterocycles. The Morgan fingerprint density at radius 2 is 2.25 bits per heavy atom. The van der Waals surface area contributed by atoms with E-state index in [1.54, 1.807) is 0 Å². The number of aryl methyl sites for hydroxylation is 1. The van der Waals surface area contributed by atoms with Crippen molar-refractivity contribution in [3.05, 3.63) is 28.6 Å². The van der Waals surface area contributed by atoms with E-state index >= 15 is 0 Å². The predicted molar refractivity (Wildman–Crippen MR) is 84.2 cm³/mol. The number of rotatable bonds is 5. The second kappa shape index (κ2) is 6.24. The number of fused-ring (bicyclic) bond motifs is 1. The Hall–Kier alpha value is -1.59. The lowest BCUT2D eigenvalue weighted by atomic mass is 10.1. The number of nitrogens with one attached hydrogen (secondary N) is 1. The summed E-state index contributed by atoms with van der Waals surface area (Å²) in [6.45, 7) is 4.38. The van der Waals surface area contributed by atoms with Crippen LogP contribution in [0.3, 0.4) is 0 Å². The molecule has 1 aromatic carbocycles. The highest BCUT2D eigenvalue weighted by Gasteiger charge is 2.16. The Balaban J connectivity index is 2.12. The van der Waals surface area contributed by atoms with Crippen molar-refractivity contribution in [3.63, 3.8) is 0 Å². The van der Waals surface area contributed by atoms with Crippen LogP contribution in [0.25, 0.3) is 10.1 Å². The van der Waals surface area contributed by atoms with Gasteiger partial charge in [0.15, 0.2) is 0 Å². The summed E-state index contributed by atoms with van der Waals surface area (Å²) in [5.41, 5.74) is 7.74. The molecule has 0 spiro atoms. The molecule has 2 rings (SSSR count). The molecular weight excluding hydrogens is 272 g/mol. The third-order valence-corrected chi connectivity index (χ3v) is 4.51. The molecule has 0 radical (unpaired) electrons. The van der Waals surface area contributed by atoms with Crippen LogP contribution in [0.5, 0.6) is 0 Å². The van der Waals surface area contributed by atoms with E-state index in [-0.39, 0.29) is 12.0 Å². The van der Waals surface area contributed by atoms with Crippen molar-refractivity contribution in [2.24, 2.45) is 0 Å². The van der Waals surface area contributed by atoms with Gasteiger partial charge in [0, 0.05) is 16.6 Å². The van der Waals surface area contributed by atoms with Crippen LogP contribution >= 0.6 is 11.3 Å². The lowest BCUT2D eigenvalue weighted by Crippen LogP contribution is -2.26. The topological polar surface area (TPSA) is 75.3 Å². The van der Waals surface area contributed by atoms with E-state index in [9.17, 15) is 9.90 Å². The summed E-state index contributed by atoms with van der Waals surface area (Å²) in [4.78, 5) is 12.7. The molecule has 0 bridgehead atoms. The van der Waals surface area contributed by atoms with Crippen LogP contribution in [0.1, 0.15) is 35.0 Å². The second-order valence-corrected chi connectivity index (χ2v) is 6.00. The van der Waals surface area contributed by atoms with Crippen molar-refractivity contribution < 1.29 is 9.90 Å². The summed E-state index contributed by atoms with van der Waals surface area (Å²) in [6.07, 6.45) is 0.893. The van der Waals surface area contributed by atoms with Gasteiger partial charge in [0.2, 0.25) is 0 Å². The SMILES string of the molecule is CCC(O)CCNC(=O)c1sc2ccc(C)cc2c1N. The molecule has 1 heterocycles. The van der Waals surface area contributed by atoms with Crippen molar-refractivity contribution in [1.29, 1.82) is 0 Å². The first-order valence-electron chi connectivity index (χ1n) is 6.77. The standard InChI is InChI=1S/C15H20N2O2S/c1-3-10(18)6-7-17-15(19)14-13(16)11-8-9(2)4-5-12(11)20-14/h4-5,8,10,18H,3,6-7,16H2,1-2H3,(H,17,19). The number of aliphatic hydroxyl groups is 1. The minimum absolute atomic E-state index is 0.162. The molecule has 2 aromatic rings. The number of hydrogen-bond donors (Lipinski definition) is 3. The monoisotopic (exact) mass is 292 g/mol. The van der Waals surface area contributed by atoms with Crippen molar-refractivity contribution in [1.82, 2.24) is 5.32 Å². The quantitative estimate of drug-likeness (QED) is 0.793. The summed E-state index contributed by atoms with van der Waals surface area (Å²) >= 11 is 1.41. The van der Waals surface area contributed by atoms with E-state index in [0.29, 0.717) is 30.0 Å². The number of anilines is 1. The fraction of sp³-hybridized carbons (Fsp3) is 0.400. The van der Waals surface area contributed by atoms with Crippen LogP contribution in [-0.4, -0.2) is 23.7 Å². The fourth-order valence-electron chi connectivity index (χ4n) is 2.04. The van der Waals surface area contributed by atoms with Crippen LogP contribution in [0.15, 0.2) is 18.2 Å². The summed E-state index contributed by atoms with van der Waals surface area (Å²) < 4.78 is 1.02. The number of carbonyl (C=O) groups is 1. The zero-order valence-electron chi connectivity index (χ0n) is 11.8. The average molecular weight is 292 g/mol. The molecule has 1 amide bonds. The first-order valence-corrected chi connectivity index (χ1v) is 7.59. The van der Waals surface area contributed by atoms with Crippen molar-refractivity contribution >= 4 is 33.0 Å². The molecule has 1 unspecified atom stereocenters. The number of thiophene rings is 1. The Bertz CT molecular complexity index is 622. The van der Waals surface area contributed by atoms with E-state index in [1.807, 2.05) is 32.0 Å². The highest BCUT2D eigenvalue weighted by Crippen LogP contribution is 2.34. The molecule has 108 valence electrons. The lowest BCUT2D eigenvalue weighted by molar-refractivity contribution is 0.0947. The third kappa shape index (κ3) is 3.11. The maximum absolute atomic E-state index is 12.1. The van der Waals surface area contributed by atoms with Gasteiger partial charge in [0.1, 0.15) is 4.88 Å². The van der Waals surface area contributed by atoms with Gasteiger partial charge in [-0.15, -0.1) is 11.3 Å². The van der Waals surface area contributed by atoms with Crippen LogP contribution in [0.2, 0.25) is 0 Å². The molecule has 0 aliphatic carbocycles. The van der Waals surface area contributed by atoms with E-state index in [4.69, 9.17) is 5.73 Å². The lowest BCUT2D eigenvalue weighted by Gasteiger charge is -2.08. The van der Waals surface area contributed by atoms with Gasteiger partial charge in [0.05, 0.1) is 11.8 Å². The second-order valence-electron chi connectivity index (χ2n) is 4.95. The van der Waals surface area contributed by atoms with Crippen molar-refractivity contribution in [2.75, 3.05) is 12.3 Å². The Morgan fingerprint density at radius 3 is 2.95 bits per heavy atom. The Labute approximate surface area is 122 Å². The molecule has 4 nitrogen and oxygen atoms in total. The fourth-order valence-corrected chi connectivity index (χ4v) is 3.06. The van der Waals surface area contributed by atoms with E-state index < -0.39 is 0 Å². The zero-order chi connectivity index (χ0) is 14.7. The Morgan fingerprint density at radius 1 is 1.50 bits per heavy atom. The van der Waals surface area contributed by atoms with Gasteiger partial charge in [-0.05, 0) is 31.9 Å². The highest BCUT2D eigenvalue weighted by molar-refractivity contribution is 7.21. The van der Waals surface area contributed by atoms with Crippen LogP contribution in [0, 0.1) is 6.92 Å². The van der Waals surface area contributed by atoms with E-state index in [2.05, 4.69) is 5.32 Å². The Kier molecular flexibility index (Phi) is 4.62. The van der Waals surface area contributed by atoms with Crippen LogP contribution < -0.4 is 11.1 Å². The van der Waals surface area contributed by atoms with E-state index in [0.717, 1.165) is 15.6 Å². The van der Waals surface area contributed by atoms with Crippen molar-refractivity contribution in [3.8, 4) is 0 Å².